The highest BCUT2D eigenvalue weighted by atomic mass is 32.2. The van der Waals surface area contributed by atoms with Crippen molar-refractivity contribution in [2.24, 2.45) is 0 Å². The zero-order chi connectivity index (χ0) is 15.9. The van der Waals surface area contributed by atoms with E-state index in [-0.39, 0.29) is 31.3 Å². The van der Waals surface area contributed by atoms with Gasteiger partial charge < -0.3 is 5.32 Å². The summed E-state index contributed by atoms with van der Waals surface area (Å²) in [6.45, 7) is 0.156. The van der Waals surface area contributed by atoms with Crippen LogP contribution >= 0.6 is 0 Å². The van der Waals surface area contributed by atoms with E-state index in [0.717, 1.165) is 4.90 Å². The Labute approximate surface area is 126 Å². The summed E-state index contributed by atoms with van der Waals surface area (Å²) in [6.07, 6.45) is 0. The number of amides is 3. The van der Waals surface area contributed by atoms with Gasteiger partial charge in [0.1, 0.15) is 5.82 Å². The van der Waals surface area contributed by atoms with Gasteiger partial charge in [-0.25, -0.2) is 17.6 Å². The number of imide groups is 1. The topological polar surface area (TPSA) is 86.8 Å². The molecule has 1 N–H and O–H groups in total. The van der Waals surface area contributed by atoms with E-state index in [1.54, 1.807) is 0 Å². The van der Waals surface area contributed by atoms with E-state index < -0.39 is 27.9 Å². The Morgan fingerprint density at radius 1 is 1.18 bits per heavy atom. The summed E-state index contributed by atoms with van der Waals surface area (Å²) in [5.41, 5.74) is 0.486. The van der Waals surface area contributed by atoms with Crippen molar-refractivity contribution in [2.45, 2.75) is 11.8 Å². The summed E-state index contributed by atoms with van der Waals surface area (Å²) >= 11 is 0. The number of sulfonamides is 1. The second kappa shape index (κ2) is 5.33. The van der Waals surface area contributed by atoms with Gasteiger partial charge in [-0.15, -0.1) is 0 Å². The number of nitrogens with zero attached hydrogens (tertiary/aromatic N) is 2. The van der Waals surface area contributed by atoms with Crippen LogP contribution in [0.15, 0.2) is 24.3 Å². The predicted molar refractivity (Wildman–Crippen MR) is 74.6 cm³/mol. The van der Waals surface area contributed by atoms with E-state index in [1.165, 1.54) is 28.6 Å². The molecule has 118 valence electrons. The normalized spacial score (nSPS) is 20.1. The fourth-order valence-corrected chi connectivity index (χ4v) is 4.09. The molecule has 1 aromatic rings. The molecule has 1 aromatic carbocycles. The standard InChI is InChI=1S/C13H14FN3O4S/c14-10-3-1-9(2-4-10)8-22(20,21)16-6-11(7-16)17-12(18)5-15-13(17)19/h1-4,11H,5-8H2,(H,15,19). The molecule has 2 aliphatic rings. The molecule has 3 amide bonds. The largest absolute Gasteiger partial charge is 0.329 e. The van der Waals surface area contributed by atoms with E-state index in [2.05, 4.69) is 5.32 Å². The lowest BCUT2D eigenvalue weighted by Gasteiger charge is -2.41. The number of halogens is 1. The number of nitrogens with one attached hydrogen (secondary N) is 1. The van der Waals surface area contributed by atoms with Crippen molar-refractivity contribution in [1.29, 1.82) is 0 Å². The Bertz CT molecular complexity index is 697. The Morgan fingerprint density at radius 3 is 2.36 bits per heavy atom. The molecule has 0 aromatic heterocycles. The molecule has 22 heavy (non-hydrogen) atoms. The van der Waals surface area contributed by atoms with Crippen LogP contribution in [0, 0.1) is 5.82 Å². The number of hydrogen-bond acceptors (Lipinski definition) is 4. The van der Waals surface area contributed by atoms with Crippen LogP contribution in [-0.2, 0) is 20.6 Å². The molecule has 0 spiro atoms. The van der Waals surface area contributed by atoms with Crippen LogP contribution in [0.1, 0.15) is 5.56 Å². The van der Waals surface area contributed by atoms with Gasteiger partial charge in [-0.05, 0) is 17.7 Å². The van der Waals surface area contributed by atoms with Gasteiger partial charge in [0.25, 0.3) is 0 Å². The van der Waals surface area contributed by atoms with Crippen LogP contribution in [0.4, 0.5) is 9.18 Å². The maximum Gasteiger partial charge on any atom is 0.324 e. The Kier molecular flexibility index (Phi) is 3.61. The quantitative estimate of drug-likeness (QED) is 0.782. The van der Waals surface area contributed by atoms with Crippen LogP contribution in [-0.4, -0.2) is 55.2 Å². The molecule has 2 saturated heterocycles. The van der Waals surface area contributed by atoms with Gasteiger partial charge in [0.05, 0.1) is 18.3 Å². The SMILES string of the molecule is O=C1CNC(=O)N1C1CN(S(=O)(=O)Cc2ccc(F)cc2)C1. The summed E-state index contributed by atoms with van der Waals surface area (Å²) in [4.78, 5) is 24.1. The Balaban J connectivity index is 1.62. The van der Waals surface area contributed by atoms with Crippen LogP contribution in [0.3, 0.4) is 0 Å². The average molecular weight is 327 g/mol. The number of hydrogen-bond donors (Lipinski definition) is 1. The Hall–Kier alpha value is -2.00. The Morgan fingerprint density at radius 2 is 1.82 bits per heavy atom. The second-order valence-electron chi connectivity index (χ2n) is 5.28. The van der Waals surface area contributed by atoms with Crippen molar-refractivity contribution in [3.63, 3.8) is 0 Å². The molecule has 0 atom stereocenters. The summed E-state index contributed by atoms with van der Waals surface area (Å²) < 4.78 is 38.5. The minimum Gasteiger partial charge on any atom is -0.329 e. The lowest BCUT2D eigenvalue weighted by Crippen LogP contribution is -2.62. The third kappa shape index (κ3) is 2.69. The zero-order valence-corrected chi connectivity index (χ0v) is 12.3. The second-order valence-corrected chi connectivity index (χ2v) is 7.24. The van der Waals surface area contributed by atoms with E-state index in [1.807, 2.05) is 0 Å². The summed E-state index contributed by atoms with van der Waals surface area (Å²) in [7, 11) is -3.55. The van der Waals surface area contributed by atoms with Crippen LogP contribution in [0.5, 0.6) is 0 Å². The van der Waals surface area contributed by atoms with Crippen molar-refractivity contribution < 1.29 is 22.4 Å². The van der Waals surface area contributed by atoms with Gasteiger partial charge in [-0.1, -0.05) is 12.1 Å². The molecule has 2 aliphatic heterocycles. The molecule has 7 nitrogen and oxygen atoms in total. The summed E-state index contributed by atoms with van der Waals surface area (Å²) in [6, 6.07) is 4.35. The van der Waals surface area contributed by atoms with Gasteiger partial charge in [-0.3, -0.25) is 9.69 Å². The molecule has 0 unspecified atom stereocenters. The van der Waals surface area contributed by atoms with Crippen LogP contribution in [0.25, 0.3) is 0 Å². The lowest BCUT2D eigenvalue weighted by molar-refractivity contribution is -0.128. The fraction of sp³-hybridized carbons (Fsp3) is 0.385. The third-order valence-electron chi connectivity index (χ3n) is 3.73. The van der Waals surface area contributed by atoms with E-state index in [9.17, 15) is 22.4 Å². The molecule has 0 bridgehead atoms. The summed E-state index contributed by atoms with van der Waals surface area (Å²) in [5.74, 6) is -1.01. The van der Waals surface area contributed by atoms with Crippen molar-refractivity contribution >= 4 is 22.0 Å². The molecule has 2 heterocycles. The first-order valence-electron chi connectivity index (χ1n) is 6.69. The molecular weight excluding hydrogens is 313 g/mol. The predicted octanol–water partition coefficient (Wildman–Crippen LogP) is -0.108. The van der Waals surface area contributed by atoms with Crippen LogP contribution < -0.4 is 5.32 Å². The minimum atomic E-state index is -3.55. The van der Waals surface area contributed by atoms with Gasteiger partial charge in [0.2, 0.25) is 15.9 Å². The minimum absolute atomic E-state index is 0.0440. The van der Waals surface area contributed by atoms with Gasteiger partial charge in [0.15, 0.2) is 0 Å². The number of carbonyl (C=O) groups excluding carboxylic acids is 2. The molecule has 3 rings (SSSR count). The average Bonchev–Trinajstić information content (AvgIpc) is 2.71. The van der Waals surface area contributed by atoms with Gasteiger partial charge in [-0.2, -0.15) is 4.31 Å². The molecule has 9 heteroatoms. The van der Waals surface area contributed by atoms with Gasteiger partial charge >= 0.3 is 6.03 Å². The first-order valence-corrected chi connectivity index (χ1v) is 8.30. The number of urea groups is 1. The number of rotatable bonds is 4. The smallest absolute Gasteiger partial charge is 0.324 e. The van der Waals surface area contributed by atoms with E-state index >= 15 is 0 Å². The van der Waals surface area contributed by atoms with E-state index in [0.29, 0.717) is 5.56 Å². The van der Waals surface area contributed by atoms with E-state index in [4.69, 9.17) is 0 Å². The number of benzene rings is 1. The van der Waals surface area contributed by atoms with Crippen molar-refractivity contribution in [3.05, 3.63) is 35.6 Å². The zero-order valence-electron chi connectivity index (χ0n) is 11.5. The fourth-order valence-electron chi connectivity index (χ4n) is 2.49. The number of carbonyl (C=O) groups is 2. The molecule has 2 fully saturated rings. The first-order chi connectivity index (χ1) is 10.4. The van der Waals surface area contributed by atoms with Crippen molar-refractivity contribution in [3.8, 4) is 0 Å². The van der Waals surface area contributed by atoms with Crippen molar-refractivity contribution in [1.82, 2.24) is 14.5 Å². The van der Waals surface area contributed by atoms with Gasteiger partial charge in [0, 0.05) is 13.1 Å². The first kappa shape index (κ1) is 14.9. The third-order valence-corrected chi connectivity index (χ3v) is 5.51. The maximum absolute atomic E-state index is 12.8. The highest BCUT2D eigenvalue weighted by Crippen LogP contribution is 2.23. The summed E-state index contributed by atoms with van der Waals surface area (Å²) in [5, 5.41) is 2.40. The molecule has 0 aliphatic carbocycles. The highest BCUT2D eigenvalue weighted by Gasteiger charge is 2.45. The lowest BCUT2D eigenvalue weighted by atomic mass is 10.1. The molecular formula is C13H14FN3O4S. The van der Waals surface area contributed by atoms with Crippen LogP contribution in [0.2, 0.25) is 0 Å². The monoisotopic (exact) mass is 327 g/mol. The molecule has 0 saturated carbocycles. The van der Waals surface area contributed by atoms with Crippen molar-refractivity contribution in [2.75, 3.05) is 19.6 Å². The maximum atomic E-state index is 12.8. The molecule has 0 radical (unpaired) electrons. The highest BCUT2D eigenvalue weighted by molar-refractivity contribution is 7.88.